The minimum Gasteiger partial charge on any atom is -0.462 e. The second kappa shape index (κ2) is 8.15. The van der Waals surface area contributed by atoms with Crippen molar-refractivity contribution in [2.75, 3.05) is 23.8 Å². The quantitative estimate of drug-likeness (QED) is 0.797. The van der Waals surface area contributed by atoms with Gasteiger partial charge in [-0.05, 0) is 56.7 Å². The minimum absolute atomic E-state index is 0.154. The summed E-state index contributed by atoms with van der Waals surface area (Å²) in [6.07, 6.45) is 0. The molecule has 0 aliphatic carbocycles. The van der Waals surface area contributed by atoms with E-state index >= 15 is 0 Å². The average Bonchev–Trinajstić information content (AvgIpc) is 2.55. The van der Waals surface area contributed by atoms with Gasteiger partial charge < -0.3 is 15.4 Å². The Morgan fingerprint density at radius 2 is 1.75 bits per heavy atom. The topological polar surface area (TPSA) is 67.4 Å². The van der Waals surface area contributed by atoms with Gasteiger partial charge in [-0.15, -0.1) is 0 Å². The zero-order chi connectivity index (χ0) is 17.5. The third kappa shape index (κ3) is 4.84. The molecule has 2 aromatic carbocycles. The number of anilines is 2. The third-order valence-corrected chi connectivity index (χ3v) is 3.50. The molecule has 0 saturated heterocycles. The predicted molar refractivity (Wildman–Crippen MR) is 95.4 cm³/mol. The number of amides is 1. The molecule has 0 aliphatic rings. The number of hydrogen-bond donors (Lipinski definition) is 2. The van der Waals surface area contributed by atoms with Gasteiger partial charge >= 0.3 is 5.97 Å². The number of aryl methyl sites for hydroxylation is 2. The fourth-order valence-electron chi connectivity index (χ4n) is 2.30. The molecule has 5 nitrogen and oxygen atoms in total. The van der Waals surface area contributed by atoms with Crippen LogP contribution in [0.25, 0.3) is 0 Å². The fourth-order valence-corrected chi connectivity index (χ4v) is 2.30. The number of rotatable bonds is 6. The summed E-state index contributed by atoms with van der Waals surface area (Å²) in [4.78, 5) is 23.6. The Hall–Kier alpha value is -2.82. The molecule has 2 aromatic rings. The number of benzene rings is 2. The summed E-state index contributed by atoms with van der Waals surface area (Å²) in [6.45, 7) is 6.30. The zero-order valence-electron chi connectivity index (χ0n) is 14.2. The molecule has 0 saturated carbocycles. The number of carbonyl (C=O) groups excluding carboxylic acids is 2. The first-order valence-corrected chi connectivity index (χ1v) is 7.87. The second-order valence-corrected chi connectivity index (χ2v) is 5.52. The van der Waals surface area contributed by atoms with Crippen LogP contribution in [0.4, 0.5) is 11.4 Å². The Morgan fingerprint density at radius 3 is 2.38 bits per heavy atom. The Balaban J connectivity index is 1.89. The van der Waals surface area contributed by atoms with Gasteiger partial charge in [0.05, 0.1) is 18.7 Å². The van der Waals surface area contributed by atoms with Crippen molar-refractivity contribution in [2.45, 2.75) is 20.8 Å². The van der Waals surface area contributed by atoms with Crippen molar-refractivity contribution in [3.05, 3.63) is 59.2 Å². The lowest BCUT2D eigenvalue weighted by Gasteiger charge is -2.11. The predicted octanol–water partition coefficient (Wildman–Crippen LogP) is 3.53. The number of ether oxygens (including phenoxy) is 1. The maximum atomic E-state index is 12.0. The Labute approximate surface area is 142 Å². The van der Waals surface area contributed by atoms with Gasteiger partial charge in [0.15, 0.2) is 0 Å². The molecule has 0 spiro atoms. The van der Waals surface area contributed by atoms with Crippen molar-refractivity contribution in [1.29, 1.82) is 0 Å². The average molecular weight is 326 g/mol. The highest BCUT2D eigenvalue weighted by Gasteiger charge is 2.07. The lowest BCUT2D eigenvalue weighted by molar-refractivity contribution is -0.114. The molecule has 0 unspecified atom stereocenters. The van der Waals surface area contributed by atoms with E-state index in [1.54, 1.807) is 31.2 Å². The van der Waals surface area contributed by atoms with Crippen molar-refractivity contribution >= 4 is 23.3 Å². The molecule has 2 N–H and O–H groups in total. The van der Waals surface area contributed by atoms with Gasteiger partial charge in [0, 0.05) is 11.4 Å². The molecule has 0 atom stereocenters. The summed E-state index contributed by atoms with van der Waals surface area (Å²) in [7, 11) is 0. The molecule has 0 bridgehead atoms. The molecule has 0 aliphatic heterocycles. The highest BCUT2D eigenvalue weighted by molar-refractivity contribution is 5.95. The molecule has 0 radical (unpaired) electrons. The highest BCUT2D eigenvalue weighted by Crippen LogP contribution is 2.16. The van der Waals surface area contributed by atoms with Crippen molar-refractivity contribution in [3.8, 4) is 0 Å². The highest BCUT2D eigenvalue weighted by atomic mass is 16.5. The zero-order valence-corrected chi connectivity index (χ0v) is 14.2. The van der Waals surface area contributed by atoms with Crippen LogP contribution in [0.1, 0.15) is 28.4 Å². The molecule has 0 fully saturated rings. The van der Waals surface area contributed by atoms with Crippen molar-refractivity contribution in [3.63, 3.8) is 0 Å². The van der Waals surface area contributed by atoms with E-state index in [9.17, 15) is 9.59 Å². The van der Waals surface area contributed by atoms with E-state index in [2.05, 4.69) is 16.7 Å². The lowest BCUT2D eigenvalue weighted by atomic mass is 10.1. The molecular weight excluding hydrogens is 304 g/mol. The van der Waals surface area contributed by atoms with Gasteiger partial charge in [-0.25, -0.2) is 4.79 Å². The first-order chi connectivity index (χ1) is 11.5. The summed E-state index contributed by atoms with van der Waals surface area (Å²) in [5.74, 6) is -0.522. The number of esters is 1. The Bertz CT molecular complexity index is 724. The standard InChI is InChI=1S/C19H22N2O3/c1-4-24-19(23)15-6-8-16(9-7-15)21-18(22)12-20-17-10-5-13(2)11-14(17)3/h5-11,20H,4,12H2,1-3H3,(H,21,22). The molecule has 2 rings (SSSR count). The van der Waals surface area contributed by atoms with Crippen molar-refractivity contribution in [1.82, 2.24) is 0 Å². The first-order valence-electron chi connectivity index (χ1n) is 7.87. The summed E-state index contributed by atoms with van der Waals surface area (Å²) in [6, 6.07) is 12.7. The summed E-state index contributed by atoms with van der Waals surface area (Å²) < 4.78 is 4.92. The van der Waals surface area contributed by atoms with Crippen LogP contribution >= 0.6 is 0 Å². The maximum Gasteiger partial charge on any atom is 0.338 e. The molecule has 0 heterocycles. The van der Waals surface area contributed by atoms with Gasteiger partial charge in [0.2, 0.25) is 5.91 Å². The van der Waals surface area contributed by atoms with Crippen molar-refractivity contribution < 1.29 is 14.3 Å². The SMILES string of the molecule is CCOC(=O)c1ccc(NC(=O)CNc2ccc(C)cc2C)cc1. The Kier molecular flexibility index (Phi) is 5.95. The van der Waals surface area contributed by atoms with E-state index < -0.39 is 0 Å². The molecule has 24 heavy (non-hydrogen) atoms. The number of hydrogen-bond acceptors (Lipinski definition) is 4. The van der Waals surface area contributed by atoms with Crippen LogP contribution in [0.2, 0.25) is 0 Å². The number of carbonyl (C=O) groups is 2. The van der Waals surface area contributed by atoms with Crippen LogP contribution in [-0.4, -0.2) is 25.0 Å². The van der Waals surface area contributed by atoms with Crippen LogP contribution in [0.3, 0.4) is 0 Å². The molecule has 126 valence electrons. The van der Waals surface area contributed by atoms with Crippen LogP contribution in [0.5, 0.6) is 0 Å². The van der Waals surface area contributed by atoms with Gasteiger partial charge in [-0.1, -0.05) is 17.7 Å². The summed E-state index contributed by atoms with van der Waals surface area (Å²) in [5.41, 5.74) is 4.32. The largest absolute Gasteiger partial charge is 0.462 e. The van der Waals surface area contributed by atoms with E-state index in [1.165, 1.54) is 5.56 Å². The Morgan fingerprint density at radius 1 is 1.04 bits per heavy atom. The summed E-state index contributed by atoms with van der Waals surface area (Å²) in [5, 5.41) is 5.91. The van der Waals surface area contributed by atoms with Crippen LogP contribution in [0, 0.1) is 13.8 Å². The normalized spacial score (nSPS) is 10.1. The monoisotopic (exact) mass is 326 g/mol. The third-order valence-electron chi connectivity index (χ3n) is 3.50. The van der Waals surface area contributed by atoms with Crippen molar-refractivity contribution in [2.24, 2.45) is 0 Å². The molecule has 1 amide bonds. The van der Waals surface area contributed by atoms with E-state index in [-0.39, 0.29) is 18.4 Å². The second-order valence-electron chi connectivity index (χ2n) is 5.52. The van der Waals surface area contributed by atoms with E-state index in [1.807, 2.05) is 26.0 Å². The molecular formula is C19H22N2O3. The van der Waals surface area contributed by atoms with E-state index in [0.29, 0.717) is 17.9 Å². The molecule has 0 aromatic heterocycles. The first kappa shape index (κ1) is 17.5. The fraction of sp³-hybridized carbons (Fsp3) is 0.263. The lowest BCUT2D eigenvalue weighted by Crippen LogP contribution is -2.22. The van der Waals surface area contributed by atoms with Crippen LogP contribution in [0.15, 0.2) is 42.5 Å². The van der Waals surface area contributed by atoms with E-state index in [0.717, 1.165) is 11.3 Å². The van der Waals surface area contributed by atoms with Gasteiger partial charge in [-0.2, -0.15) is 0 Å². The van der Waals surface area contributed by atoms with Crippen LogP contribution in [-0.2, 0) is 9.53 Å². The minimum atomic E-state index is -0.369. The van der Waals surface area contributed by atoms with Crippen LogP contribution < -0.4 is 10.6 Å². The van der Waals surface area contributed by atoms with Gasteiger partial charge in [-0.3, -0.25) is 4.79 Å². The maximum absolute atomic E-state index is 12.0. The molecule has 5 heteroatoms. The summed E-state index contributed by atoms with van der Waals surface area (Å²) >= 11 is 0. The van der Waals surface area contributed by atoms with Gasteiger partial charge in [0.25, 0.3) is 0 Å². The van der Waals surface area contributed by atoms with Gasteiger partial charge in [0.1, 0.15) is 0 Å². The van der Waals surface area contributed by atoms with E-state index in [4.69, 9.17) is 4.74 Å². The smallest absolute Gasteiger partial charge is 0.338 e. The number of nitrogens with one attached hydrogen (secondary N) is 2.